The Labute approximate surface area is 122 Å². The summed E-state index contributed by atoms with van der Waals surface area (Å²) in [7, 11) is 3.28. The Kier molecular flexibility index (Phi) is 4.85. The Balaban J connectivity index is 2.24. The molecule has 0 atom stereocenters. The fourth-order valence-electron chi connectivity index (χ4n) is 2.28. The summed E-state index contributed by atoms with van der Waals surface area (Å²) in [5.41, 5.74) is 1.07. The number of hydrogen-bond donors (Lipinski definition) is 1. The van der Waals surface area contributed by atoms with Crippen molar-refractivity contribution < 1.29 is 13.2 Å². The normalized spacial score (nSPS) is 10.7. The van der Waals surface area contributed by atoms with Gasteiger partial charge in [-0.25, -0.2) is 13.2 Å². The number of nitrogens with zero attached hydrogens (tertiary/aromatic N) is 1. The highest BCUT2D eigenvalue weighted by atomic mass is 19.1. The molecule has 0 fully saturated rings. The van der Waals surface area contributed by atoms with Crippen LogP contribution in [-0.2, 0) is 13.1 Å². The third-order valence-corrected chi connectivity index (χ3v) is 3.15. The van der Waals surface area contributed by atoms with Gasteiger partial charge in [-0.1, -0.05) is 12.1 Å². The van der Waals surface area contributed by atoms with Crippen LogP contribution in [-0.4, -0.2) is 14.1 Å². The second kappa shape index (κ2) is 6.63. The van der Waals surface area contributed by atoms with Crippen LogP contribution >= 0.6 is 0 Å². The highest BCUT2D eigenvalue weighted by Crippen LogP contribution is 2.25. The van der Waals surface area contributed by atoms with Crippen LogP contribution in [0.2, 0.25) is 0 Å². The van der Waals surface area contributed by atoms with Crippen LogP contribution in [0.5, 0.6) is 0 Å². The van der Waals surface area contributed by atoms with Gasteiger partial charge in [-0.15, -0.1) is 0 Å². The zero-order valence-corrected chi connectivity index (χ0v) is 12.0. The fraction of sp³-hybridized carbons (Fsp3) is 0.250. The molecular weight excluding hydrogens is 277 g/mol. The summed E-state index contributed by atoms with van der Waals surface area (Å²) < 4.78 is 41.3. The van der Waals surface area contributed by atoms with Crippen LogP contribution in [0.4, 0.5) is 18.9 Å². The zero-order valence-electron chi connectivity index (χ0n) is 12.0. The van der Waals surface area contributed by atoms with Gasteiger partial charge in [0, 0.05) is 20.1 Å². The monoisotopic (exact) mass is 294 g/mol. The smallest absolute Gasteiger partial charge is 0.149 e. The van der Waals surface area contributed by atoms with Gasteiger partial charge >= 0.3 is 0 Å². The first-order chi connectivity index (χ1) is 10.0. The summed E-state index contributed by atoms with van der Waals surface area (Å²) in [6, 6.07) is 8.57. The fourth-order valence-corrected chi connectivity index (χ4v) is 2.28. The van der Waals surface area contributed by atoms with Gasteiger partial charge in [-0.2, -0.15) is 0 Å². The largest absolute Gasteiger partial charge is 0.366 e. The van der Waals surface area contributed by atoms with Crippen molar-refractivity contribution in [2.45, 2.75) is 13.1 Å². The molecule has 2 nitrogen and oxygen atoms in total. The lowest BCUT2D eigenvalue weighted by Crippen LogP contribution is -2.20. The predicted octanol–water partition coefficient (Wildman–Crippen LogP) is 3.46. The SMILES string of the molecule is CNCc1cc(F)c(N(C)Cc2cccc(F)c2)c(F)c1. The second-order valence-electron chi connectivity index (χ2n) is 4.92. The first-order valence-corrected chi connectivity index (χ1v) is 6.59. The maximum Gasteiger partial charge on any atom is 0.149 e. The van der Waals surface area contributed by atoms with Gasteiger partial charge < -0.3 is 10.2 Å². The standard InChI is InChI=1S/C16H17F3N2/c1-20-9-12-7-14(18)16(15(19)8-12)21(2)10-11-4-3-5-13(17)6-11/h3-8,20H,9-10H2,1-2H3. The predicted molar refractivity (Wildman–Crippen MR) is 77.6 cm³/mol. The van der Waals surface area contributed by atoms with E-state index in [4.69, 9.17) is 0 Å². The first-order valence-electron chi connectivity index (χ1n) is 6.59. The van der Waals surface area contributed by atoms with E-state index in [9.17, 15) is 13.2 Å². The summed E-state index contributed by atoms with van der Waals surface area (Å²) in [5, 5.41) is 2.84. The summed E-state index contributed by atoms with van der Waals surface area (Å²) in [6.45, 7) is 0.610. The zero-order chi connectivity index (χ0) is 15.4. The number of rotatable bonds is 5. The van der Waals surface area contributed by atoms with Crippen molar-refractivity contribution in [2.75, 3.05) is 19.0 Å². The molecule has 1 N–H and O–H groups in total. The minimum absolute atomic E-state index is 0.112. The molecule has 2 aromatic carbocycles. The number of anilines is 1. The van der Waals surface area contributed by atoms with Crippen LogP contribution in [0.15, 0.2) is 36.4 Å². The Morgan fingerprint density at radius 3 is 2.24 bits per heavy atom. The van der Waals surface area contributed by atoms with Crippen molar-refractivity contribution in [3.63, 3.8) is 0 Å². The molecule has 2 aromatic rings. The van der Waals surface area contributed by atoms with Crippen LogP contribution in [0.3, 0.4) is 0 Å². The summed E-state index contributed by atoms with van der Waals surface area (Å²) >= 11 is 0. The molecular formula is C16H17F3N2. The molecule has 0 spiro atoms. The van der Waals surface area contributed by atoms with Gasteiger partial charge in [0.15, 0.2) is 0 Å². The molecule has 0 aliphatic carbocycles. The minimum Gasteiger partial charge on any atom is -0.366 e. The molecule has 0 bridgehead atoms. The highest BCUT2D eigenvalue weighted by Gasteiger charge is 2.15. The maximum absolute atomic E-state index is 14.1. The lowest BCUT2D eigenvalue weighted by atomic mass is 10.1. The van der Waals surface area contributed by atoms with E-state index in [0.29, 0.717) is 17.7 Å². The molecule has 0 aliphatic rings. The molecule has 0 radical (unpaired) electrons. The molecule has 0 saturated carbocycles. The first kappa shape index (κ1) is 15.4. The number of nitrogens with one attached hydrogen (secondary N) is 1. The van der Waals surface area contributed by atoms with Crippen LogP contribution in [0, 0.1) is 17.5 Å². The molecule has 21 heavy (non-hydrogen) atoms. The van der Waals surface area contributed by atoms with Crippen LogP contribution < -0.4 is 10.2 Å². The molecule has 0 aliphatic heterocycles. The quantitative estimate of drug-likeness (QED) is 0.908. The van der Waals surface area contributed by atoms with E-state index in [2.05, 4.69) is 5.32 Å². The number of benzene rings is 2. The Hall–Kier alpha value is -2.01. The van der Waals surface area contributed by atoms with Crippen molar-refractivity contribution >= 4 is 5.69 Å². The number of halogens is 3. The maximum atomic E-state index is 14.1. The van der Waals surface area contributed by atoms with E-state index in [1.165, 1.54) is 29.2 Å². The van der Waals surface area contributed by atoms with Crippen molar-refractivity contribution in [1.82, 2.24) is 5.32 Å². The van der Waals surface area contributed by atoms with Crippen molar-refractivity contribution in [1.29, 1.82) is 0 Å². The van der Waals surface area contributed by atoms with Gasteiger partial charge in [0.1, 0.15) is 23.1 Å². The Morgan fingerprint density at radius 1 is 1.00 bits per heavy atom. The van der Waals surface area contributed by atoms with Crippen molar-refractivity contribution in [3.8, 4) is 0 Å². The van der Waals surface area contributed by atoms with Gasteiger partial charge in [-0.3, -0.25) is 0 Å². The summed E-state index contributed by atoms with van der Waals surface area (Å²) in [6.07, 6.45) is 0. The third kappa shape index (κ3) is 3.76. The van der Waals surface area contributed by atoms with E-state index >= 15 is 0 Å². The van der Waals surface area contributed by atoms with E-state index < -0.39 is 11.6 Å². The molecule has 112 valence electrons. The molecule has 0 aromatic heterocycles. The summed E-state index contributed by atoms with van der Waals surface area (Å²) in [5.74, 6) is -1.62. The van der Waals surface area contributed by atoms with Gasteiger partial charge in [0.05, 0.1) is 0 Å². The third-order valence-electron chi connectivity index (χ3n) is 3.15. The molecule has 0 heterocycles. The van der Waals surface area contributed by atoms with Crippen LogP contribution in [0.25, 0.3) is 0 Å². The Bertz CT molecular complexity index is 606. The molecule has 2 rings (SSSR count). The Morgan fingerprint density at radius 2 is 1.67 bits per heavy atom. The molecule has 5 heteroatoms. The lowest BCUT2D eigenvalue weighted by Gasteiger charge is -2.21. The topological polar surface area (TPSA) is 15.3 Å². The van der Waals surface area contributed by atoms with E-state index in [-0.39, 0.29) is 18.0 Å². The van der Waals surface area contributed by atoms with E-state index in [0.717, 1.165) is 0 Å². The van der Waals surface area contributed by atoms with Gasteiger partial charge in [0.2, 0.25) is 0 Å². The van der Waals surface area contributed by atoms with E-state index in [1.54, 1.807) is 26.2 Å². The van der Waals surface area contributed by atoms with E-state index in [1.807, 2.05) is 0 Å². The van der Waals surface area contributed by atoms with Gasteiger partial charge in [-0.05, 0) is 42.4 Å². The average molecular weight is 294 g/mol. The highest BCUT2D eigenvalue weighted by molar-refractivity contribution is 5.50. The average Bonchev–Trinajstić information content (AvgIpc) is 2.38. The number of hydrogen-bond acceptors (Lipinski definition) is 2. The minimum atomic E-state index is -0.626. The van der Waals surface area contributed by atoms with Gasteiger partial charge in [0.25, 0.3) is 0 Å². The lowest BCUT2D eigenvalue weighted by molar-refractivity contribution is 0.571. The molecule has 0 amide bonds. The second-order valence-corrected chi connectivity index (χ2v) is 4.92. The van der Waals surface area contributed by atoms with Crippen molar-refractivity contribution in [2.24, 2.45) is 0 Å². The molecule has 0 saturated heterocycles. The van der Waals surface area contributed by atoms with Crippen LogP contribution in [0.1, 0.15) is 11.1 Å². The van der Waals surface area contributed by atoms with Crippen molar-refractivity contribution in [3.05, 3.63) is 65.0 Å². The molecule has 0 unspecified atom stereocenters. The summed E-state index contributed by atoms with van der Waals surface area (Å²) in [4.78, 5) is 1.43.